The van der Waals surface area contributed by atoms with Crippen LogP contribution in [0, 0.1) is 0 Å². The quantitative estimate of drug-likeness (QED) is 0.872. The van der Waals surface area contributed by atoms with E-state index in [2.05, 4.69) is 10.1 Å². The van der Waals surface area contributed by atoms with Crippen LogP contribution in [0.25, 0.3) is 0 Å². The zero-order valence-corrected chi connectivity index (χ0v) is 11.3. The molecule has 1 heterocycles. The van der Waals surface area contributed by atoms with E-state index in [9.17, 15) is 18.0 Å². The van der Waals surface area contributed by atoms with Crippen LogP contribution in [-0.4, -0.2) is 40.3 Å². The van der Waals surface area contributed by atoms with Gasteiger partial charge in [0, 0.05) is 13.0 Å². The number of nitrogens with one attached hydrogen (secondary N) is 1. The summed E-state index contributed by atoms with van der Waals surface area (Å²) in [6, 6.07) is -0.813. The lowest BCUT2D eigenvalue weighted by Crippen LogP contribution is -2.43. The Kier molecular flexibility index (Phi) is 5.78. The molecule has 1 aromatic heterocycles. The van der Waals surface area contributed by atoms with Crippen LogP contribution in [-0.2, 0) is 13.0 Å². The summed E-state index contributed by atoms with van der Waals surface area (Å²) in [5.74, 6) is 0.728. The number of nitrogens with zero attached hydrogens (tertiary/aromatic N) is 3. The maximum Gasteiger partial charge on any atom is 0.405 e. The van der Waals surface area contributed by atoms with Gasteiger partial charge in [0.2, 0.25) is 5.89 Å². The summed E-state index contributed by atoms with van der Waals surface area (Å²) in [5.41, 5.74) is 0. The number of rotatable bonds is 6. The van der Waals surface area contributed by atoms with E-state index >= 15 is 0 Å². The zero-order valence-electron chi connectivity index (χ0n) is 11.3. The van der Waals surface area contributed by atoms with Gasteiger partial charge in [-0.1, -0.05) is 12.1 Å². The fourth-order valence-electron chi connectivity index (χ4n) is 1.46. The summed E-state index contributed by atoms with van der Waals surface area (Å²) in [6.45, 7) is 2.48. The van der Waals surface area contributed by atoms with Gasteiger partial charge < -0.3 is 14.7 Å². The third-order valence-corrected chi connectivity index (χ3v) is 2.42. The van der Waals surface area contributed by atoms with E-state index in [-0.39, 0.29) is 18.9 Å². The Morgan fingerprint density at radius 1 is 1.40 bits per heavy atom. The molecule has 0 atom stereocenters. The van der Waals surface area contributed by atoms with Gasteiger partial charge in [-0.15, -0.1) is 0 Å². The number of halogens is 3. The molecule has 0 aliphatic heterocycles. The summed E-state index contributed by atoms with van der Waals surface area (Å²) < 4.78 is 41.0. The fraction of sp³-hybridized carbons (Fsp3) is 0.727. The Labute approximate surface area is 114 Å². The molecule has 9 heteroatoms. The molecule has 1 rings (SSSR count). The van der Waals surface area contributed by atoms with Crippen molar-refractivity contribution in [2.75, 3.05) is 13.1 Å². The van der Waals surface area contributed by atoms with Crippen LogP contribution in [0.5, 0.6) is 0 Å². The molecular weight excluding hydrogens is 277 g/mol. The van der Waals surface area contributed by atoms with Crippen molar-refractivity contribution in [3.05, 3.63) is 11.7 Å². The number of urea groups is 1. The van der Waals surface area contributed by atoms with E-state index in [1.165, 1.54) is 4.90 Å². The molecule has 0 aliphatic carbocycles. The van der Waals surface area contributed by atoms with E-state index in [1.54, 1.807) is 12.2 Å². The fourth-order valence-corrected chi connectivity index (χ4v) is 1.46. The van der Waals surface area contributed by atoms with Crippen molar-refractivity contribution in [3.8, 4) is 0 Å². The van der Waals surface area contributed by atoms with E-state index in [1.807, 2.05) is 6.92 Å². The largest absolute Gasteiger partial charge is 0.405 e. The lowest BCUT2D eigenvalue weighted by molar-refractivity contribution is -0.123. The summed E-state index contributed by atoms with van der Waals surface area (Å²) in [5, 5.41) is 5.49. The van der Waals surface area contributed by atoms with Crippen molar-refractivity contribution < 1.29 is 22.5 Å². The maximum atomic E-state index is 12.0. The second kappa shape index (κ2) is 7.11. The van der Waals surface area contributed by atoms with Crippen LogP contribution in [0.3, 0.4) is 0 Å². The highest BCUT2D eigenvalue weighted by molar-refractivity contribution is 5.74. The van der Waals surface area contributed by atoms with Crippen molar-refractivity contribution in [1.82, 2.24) is 20.4 Å². The highest BCUT2D eigenvalue weighted by Crippen LogP contribution is 2.12. The number of amides is 2. The van der Waals surface area contributed by atoms with Crippen LogP contribution in [0.4, 0.5) is 18.0 Å². The number of aryl methyl sites for hydroxylation is 1. The average molecular weight is 294 g/mol. The van der Waals surface area contributed by atoms with Crippen molar-refractivity contribution >= 4 is 6.03 Å². The van der Waals surface area contributed by atoms with Gasteiger partial charge in [-0.25, -0.2) is 4.79 Å². The van der Waals surface area contributed by atoms with E-state index in [4.69, 9.17) is 4.52 Å². The molecule has 0 saturated carbocycles. The number of carbonyl (C=O) groups excluding carboxylic acids is 1. The monoisotopic (exact) mass is 294 g/mol. The standard InChI is InChI=1S/C11H17F3N4O2/c1-3-5-9-16-8(17-20-9)6-18(4-2)10(19)15-7-11(12,13)14/h3-7H2,1-2H3,(H,15,19). The van der Waals surface area contributed by atoms with Gasteiger partial charge in [-0.3, -0.25) is 0 Å². The molecule has 1 N–H and O–H groups in total. The normalized spacial score (nSPS) is 11.4. The SMILES string of the molecule is CCCc1nc(CN(CC)C(=O)NCC(F)(F)F)no1. The van der Waals surface area contributed by atoms with Crippen LogP contribution < -0.4 is 5.32 Å². The number of alkyl halides is 3. The number of aromatic nitrogens is 2. The molecule has 0 aromatic carbocycles. The average Bonchev–Trinajstić information content (AvgIpc) is 2.80. The highest BCUT2D eigenvalue weighted by Gasteiger charge is 2.28. The van der Waals surface area contributed by atoms with Crippen molar-refractivity contribution in [3.63, 3.8) is 0 Å². The second-order valence-electron chi connectivity index (χ2n) is 4.14. The summed E-state index contributed by atoms with van der Waals surface area (Å²) in [4.78, 5) is 16.8. The topological polar surface area (TPSA) is 71.3 Å². The molecule has 20 heavy (non-hydrogen) atoms. The predicted molar refractivity (Wildman–Crippen MR) is 63.8 cm³/mol. The summed E-state index contributed by atoms with van der Waals surface area (Å²) in [7, 11) is 0. The van der Waals surface area contributed by atoms with Crippen LogP contribution in [0.2, 0.25) is 0 Å². The molecule has 6 nitrogen and oxygen atoms in total. The Bertz CT molecular complexity index is 434. The molecule has 114 valence electrons. The van der Waals surface area contributed by atoms with Crippen LogP contribution in [0.1, 0.15) is 32.0 Å². The zero-order chi connectivity index (χ0) is 15.2. The number of hydrogen-bond acceptors (Lipinski definition) is 4. The van der Waals surface area contributed by atoms with Gasteiger partial charge in [-0.05, 0) is 13.3 Å². The summed E-state index contributed by atoms with van der Waals surface area (Å²) in [6.07, 6.45) is -2.97. The van der Waals surface area contributed by atoms with Crippen LogP contribution in [0.15, 0.2) is 4.52 Å². The minimum Gasteiger partial charge on any atom is -0.339 e. The molecule has 0 spiro atoms. The third kappa shape index (κ3) is 5.45. The molecule has 0 bridgehead atoms. The van der Waals surface area contributed by atoms with Crippen molar-refractivity contribution in [2.24, 2.45) is 0 Å². The Balaban J connectivity index is 2.54. The van der Waals surface area contributed by atoms with E-state index in [0.29, 0.717) is 12.3 Å². The maximum absolute atomic E-state index is 12.0. The number of hydrogen-bond donors (Lipinski definition) is 1. The van der Waals surface area contributed by atoms with Gasteiger partial charge in [-0.2, -0.15) is 18.2 Å². The first-order chi connectivity index (χ1) is 9.35. The lowest BCUT2D eigenvalue weighted by atomic mass is 10.3. The van der Waals surface area contributed by atoms with Gasteiger partial charge in [0.25, 0.3) is 0 Å². The van der Waals surface area contributed by atoms with Gasteiger partial charge >= 0.3 is 12.2 Å². The number of carbonyl (C=O) groups is 1. The van der Waals surface area contributed by atoms with E-state index in [0.717, 1.165) is 6.42 Å². The first-order valence-electron chi connectivity index (χ1n) is 6.26. The smallest absolute Gasteiger partial charge is 0.339 e. The highest BCUT2D eigenvalue weighted by atomic mass is 19.4. The molecule has 0 unspecified atom stereocenters. The molecule has 0 aliphatic rings. The van der Waals surface area contributed by atoms with E-state index < -0.39 is 18.8 Å². The Morgan fingerprint density at radius 3 is 2.65 bits per heavy atom. The molecule has 0 radical (unpaired) electrons. The predicted octanol–water partition coefficient (Wildman–Crippen LogP) is 2.12. The third-order valence-electron chi connectivity index (χ3n) is 2.42. The van der Waals surface area contributed by atoms with Crippen molar-refractivity contribution in [1.29, 1.82) is 0 Å². The molecule has 1 aromatic rings. The first kappa shape index (κ1) is 16.3. The van der Waals surface area contributed by atoms with Gasteiger partial charge in [0.1, 0.15) is 6.54 Å². The lowest BCUT2D eigenvalue weighted by Gasteiger charge is -2.20. The molecule has 0 fully saturated rings. The Morgan fingerprint density at radius 2 is 2.10 bits per heavy atom. The second-order valence-corrected chi connectivity index (χ2v) is 4.14. The first-order valence-corrected chi connectivity index (χ1v) is 6.26. The van der Waals surface area contributed by atoms with Gasteiger partial charge in [0.05, 0.1) is 6.54 Å². The Hall–Kier alpha value is -1.80. The molecular formula is C11H17F3N4O2. The van der Waals surface area contributed by atoms with Gasteiger partial charge in [0.15, 0.2) is 5.82 Å². The van der Waals surface area contributed by atoms with Crippen molar-refractivity contribution in [2.45, 2.75) is 39.4 Å². The van der Waals surface area contributed by atoms with Crippen LogP contribution >= 0.6 is 0 Å². The molecule has 0 saturated heterocycles. The minimum atomic E-state index is -4.44. The molecule has 2 amide bonds. The minimum absolute atomic E-state index is 0.00735. The summed E-state index contributed by atoms with van der Waals surface area (Å²) >= 11 is 0.